The van der Waals surface area contributed by atoms with Crippen molar-refractivity contribution in [2.45, 2.75) is 46.5 Å². The molecular weight excluding hydrogens is 156 g/mol. The number of hydrogen-bond acceptors (Lipinski definition) is 0. The molecule has 0 unspecified atom stereocenters. The van der Waals surface area contributed by atoms with E-state index < -0.39 is 0 Å². The number of benzene rings is 1. The van der Waals surface area contributed by atoms with Gasteiger partial charge < -0.3 is 0 Å². The standard InChI is InChI=1S/C13H20/c1-6-11-8-7-10(2)12(9-11)13(3,4)5/h7-9H,6H2,1-5H3. The normalized spacial score (nSPS) is 11.8. The van der Waals surface area contributed by atoms with Crippen molar-refractivity contribution in [3.05, 3.63) is 34.9 Å². The Kier molecular flexibility index (Phi) is 2.80. The second-order valence-electron chi connectivity index (χ2n) is 4.75. The predicted octanol–water partition coefficient (Wildman–Crippen LogP) is 3.85. The molecule has 0 nitrogen and oxygen atoms in total. The lowest BCUT2D eigenvalue weighted by atomic mass is 9.83. The lowest BCUT2D eigenvalue weighted by Gasteiger charge is -2.22. The fourth-order valence-electron chi connectivity index (χ4n) is 1.70. The van der Waals surface area contributed by atoms with E-state index in [9.17, 15) is 0 Å². The third-order valence-electron chi connectivity index (χ3n) is 2.52. The second-order valence-corrected chi connectivity index (χ2v) is 4.75. The maximum Gasteiger partial charge on any atom is -0.0129 e. The van der Waals surface area contributed by atoms with Crippen LogP contribution >= 0.6 is 0 Å². The molecule has 0 bridgehead atoms. The highest BCUT2D eigenvalue weighted by Crippen LogP contribution is 2.26. The van der Waals surface area contributed by atoms with Crippen LogP contribution in [0.15, 0.2) is 18.2 Å². The van der Waals surface area contributed by atoms with E-state index in [2.05, 4.69) is 52.8 Å². The minimum atomic E-state index is 0.273. The molecule has 1 aromatic rings. The van der Waals surface area contributed by atoms with Gasteiger partial charge in [0.25, 0.3) is 0 Å². The van der Waals surface area contributed by atoms with Gasteiger partial charge >= 0.3 is 0 Å². The molecule has 0 aromatic heterocycles. The van der Waals surface area contributed by atoms with E-state index in [1.165, 1.54) is 16.7 Å². The molecule has 0 aliphatic rings. The Morgan fingerprint density at radius 3 is 2.23 bits per heavy atom. The highest BCUT2D eigenvalue weighted by atomic mass is 14.2. The van der Waals surface area contributed by atoms with Crippen LogP contribution in [0.4, 0.5) is 0 Å². The van der Waals surface area contributed by atoms with Crippen LogP contribution in [0, 0.1) is 6.92 Å². The highest BCUT2D eigenvalue weighted by molar-refractivity contribution is 5.35. The fourth-order valence-corrected chi connectivity index (χ4v) is 1.70. The Morgan fingerprint density at radius 1 is 1.15 bits per heavy atom. The van der Waals surface area contributed by atoms with Crippen molar-refractivity contribution < 1.29 is 0 Å². The molecule has 0 heteroatoms. The smallest absolute Gasteiger partial charge is 0.0129 e. The molecule has 1 aromatic carbocycles. The molecule has 0 aliphatic carbocycles. The van der Waals surface area contributed by atoms with Crippen LogP contribution in [0.2, 0.25) is 0 Å². The van der Waals surface area contributed by atoms with Crippen LogP contribution in [0.25, 0.3) is 0 Å². The van der Waals surface area contributed by atoms with Gasteiger partial charge in [-0.2, -0.15) is 0 Å². The van der Waals surface area contributed by atoms with E-state index >= 15 is 0 Å². The summed E-state index contributed by atoms with van der Waals surface area (Å²) in [5, 5.41) is 0. The third-order valence-corrected chi connectivity index (χ3v) is 2.52. The Morgan fingerprint density at radius 2 is 1.77 bits per heavy atom. The van der Waals surface area contributed by atoms with Crippen molar-refractivity contribution in [2.75, 3.05) is 0 Å². The summed E-state index contributed by atoms with van der Waals surface area (Å²) in [6.45, 7) is 11.2. The van der Waals surface area contributed by atoms with Gasteiger partial charge in [-0.3, -0.25) is 0 Å². The zero-order valence-electron chi connectivity index (χ0n) is 9.44. The molecule has 0 N–H and O–H groups in total. The molecular formula is C13H20. The van der Waals surface area contributed by atoms with Crippen molar-refractivity contribution in [2.24, 2.45) is 0 Å². The Hall–Kier alpha value is -0.780. The van der Waals surface area contributed by atoms with Gasteiger partial charge in [0.05, 0.1) is 0 Å². The molecule has 0 saturated carbocycles. The van der Waals surface area contributed by atoms with E-state index in [1.807, 2.05) is 0 Å². The topological polar surface area (TPSA) is 0 Å². The lowest BCUT2D eigenvalue weighted by molar-refractivity contribution is 0.585. The van der Waals surface area contributed by atoms with Crippen molar-refractivity contribution >= 4 is 0 Å². The Labute approximate surface area is 82.0 Å². The van der Waals surface area contributed by atoms with Gasteiger partial charge in [0.1, 0.15) is 0 Å². The largest absolute Gasteiger partial charge is 0.0613 e. The summed E-state index contributed by atoms with van der Waals surface area (Å²) in [6, 6.07) is 6.80. The molecule has 0 heterocycles. The number of aryl methyl sites for hydroxylation is 2. The number of rotatable bonds is 1. The molecule has 1 rings (SSSR count). The molecule has 0 atom stereocenters. The first-order valence-electron chi connectivity index (χ1n) is 5.05. The zero-order chi connectivity index (χ0) is 10.1. The zero-order valence-corrected chi connectivity index (χ0v) is 9.44. The van der Waals surface area contributed by atoms with E-state index in [4.69, 9.17) is 0 Å². The predicted molar refractivity (Wildman–Crippen MR) is 59.3 cm³/mol. The highest BCUT2D eigenvalue weighted by Gasteiger charge is 2.15. The van der Waals surface area contributed by atoms with Gasteiger partial charge in [-0.25, -0.2) is 0 Å². The summed E-state index contributed by atoms with van der Waals surface area (Å²) in [7, 11) is 0. The summed E-state index contributed by atoms with van der Waals surface area (Å²) in [6.07, 6.45) is 1.13. The first-order chi connectivity index (χ1) is 5.95. The van der Waals surface area contributed by atoms with Gasteiger partial charge in [0.15, 0.2) is 0 Å². The van der Waals surface area contributed by atoms with Gasteiger partial charge in [-0.15, -0.1) is 0 Å². The molecule has 0 spiro atoms. The van der Waals surface area contributed by atoms with Crippen LogP contribution in [0.3, 0.4) is 0 Å². The summed E-state index contributed by atoms with van der Waals surface area (Å²) in [5.41, 5.74) is 4.60. The molecule has 0 fully saturated rings. The van der Waals surface area contributed by atoms with Crippen LogP contribution in [0.5, 0.6) is 0 Å². The maximum absolute atomic E-state index is 2.34. The minimum absolute atomic E-state index is 0.273. The summed E-state index contributed by atoms with van der Waals surface area (Å²) < 4.78 is 0. The van der Waals surface area contributed by atoms with E-state index in [-0.39, 0.29) is 5.41 Å². The average Bonchev–Trinajstić information content (AvgIpc) is 2.03. The van der Waals surface area contributed by atoms with Crippen LogP contribution in [-0.4, -0.2) is 0 Å². The fraction of sp³-hybridized carbons (Fsp3) is 0.538. The lowest BCUT2D eigenvalue weighted by Crippen LogP contribution is -2.13. The van der Waals surface area contributed by atoms with Gasteiger partial charge in [-0.1, -0.05) is 45.9 Å². The minimum Gasteiger partial charge on any atom is -0.0613 e. The van der Waals surface area contributed by atoms with Gasteiger partial charge in [0.2, 0.25) is 0 Å². The monoisotopic (exact) mass is 176 g/mol. The number of hydrogen-bond donors (Lipinski definition) is 0. The average molecular weight is 176 g/mol. The summed E-state index contributed by atoms with van der Waals surface area (Å²) in [5.74, 6) is 0. The van der Waals surface area contributed by atoms with E-state index in [1.54, 1.807) is 0 Å². The van der Waals surface area contributed by atoms with Crippen molar-refractivity contribution in [1.29, 1.82) is 0 Å². The maximum atomic E-state index is 2.34. The van der Waals surface area contributed by atoms with Gasteiger partial charge in [-0.05, 0) is 35.4 Å². The second kappa shape index (κ2) is 3.53. The van der Waals surface area contributed by atoms with E-state index in [0.717, 1.165) is 6.42 Å². The molecule has 72 valence electrons. The first kappa shape index (κ1) is 10.3. The van der Waals surface area contributed by atoms with Crippen molar-refractivity contribution in [1.82, 2.24) is 0 Å². The van der Waals surface area contributed by atoms with Crippen LogP contribution < -0.4 is 0 Å². The Balaban J connectivity index is 3.19. The summed E-state index contributed by atoms with van der Waals surface area (Å²) in [4.78, 5) is 0. The molecule has 0 amide bonds. The SMILES string of the molecule is CCc1ccc(C)c(C(C)(C)C)c1. The quantitative estimate of drug-likeness (QED) is 0.609. The van der Waals surface area contributed by atoms with Crippen LogP contribution in [0.1, 0.15) is 44.4 Å². The Bertz CT molecular complexity index is 289. The molecule has 0 saturated heterocycles. The first-order valence-corrected chi connectivity index (χ1v) is 5.05. The van der Waals surface area contributed by atoms with Crippen LogP contribution in [-0.2, 0) is 11.8 Å². The van der Waals surface area contributed by atoms with Crippen molar-refractivity contribution in [3.63, 3.8) is 0 Å². The third kappa shape index (κ3) is 2.33. The van der Waals surface area contributed by atoms with Crippen molar-refractivity contribution in [3.8, 4) is 0 Å². The van der Waals surface area contributed by atoms with Gasteiger partial charge in [0, 0.05) is 0 Å². The molecule has 0 radical (unpaired) electrons. The molecule has 0 aliphatic heterocycles. The summed E-state index contributed by atoms with van der Waals surface area (Å²) >= 11 is 0. The van der Waals surface area contributed by atoms with E-state index in [0.29, 0.717) is 0 Å². The molecule has 13 heavy (non-hydrogen) atoms.